The molecule has 0 aromatic heterocycles. The van der Waals surface area contributed by atoms with E-state index in [0.717, 1.165) is 0 Å². The fraction of sp³-hybridized carbons (Fsp3) is 0.778. The molecule has 0 saturated heterocycles. The average Bonchev–Trinajstić information content (AvgIpc) is 2.56. The Hall–Kier alpha value is -1.51. The third-order valence-electron chi connectivity index (χ3n) is 1.98. The maximum Gasteiger partial charge on any atom is 4.00 e. The van der Waals surface area contributed by atoms with Gasteiger partial charge in [-0.25, -0.2) is 0 Å². The normalized spacial score (nSPS) is 7.79. The van der Waals surface area contributed by atoms with Crippen LogP contribution in [0.4, 0.5) is 0 Å². The van der Waals surface area contributed by atoms with Crippen molar-refractivity contribution in [2.24, 2.45) is 11.5 Å². The quantitative estimate of drug-likeness (QED) is 0.273. The molecule has 0 amide bonds. The second kappa shape index (κ2) is 41.0. The molecule has 0 unspecified atom stereocenters. The number of carbonyl (C=O) groups excluding carboxylic acids is 4. The minimum Gasteiger partial charge on any atom is -0.550 e. The number of rotatable bonds is 9. The number of nitrogens with two attached hydrogens (primary N) is 2. The Bertz CT molecular complexity index is 304. The first-order valence-corrected chi connectivity index (χ1v) is 9.19. The molecule has 0 rings (SSSR count). The van der Waals surface area contributed by atoms with E-state index in [1.807, 2.05) is 0 Å². The molecule has 0 bridgehead atoms. The molecule has 10 nitrogen and oxygen atoms in total. The molecular formula is C18H36N2O8Pt. The van der Waals surface area contributed by atoms with E-state index in [2.05, 4.69) is 0 Å². The molecule has 0 aliphatic carbocycles. The summed E-state index contributed by atoms with van der Waals surface area (Å²) in [5.41, 5.74) is 9.81. The van der Waals surface area contributed by atoms with Crippen LogP contribution in [0.25, 0.3) is 0 Å². The van der Waals surface area contributed by atoms with Crippen LogP contribution in [0.5, 0.6) is 0 Å². The van der Waals surface area contributed by atoms with Gasteiger partial charge in [-0.1, -0.05) is 53.4 Å². The maximum absolute atomic E-state index is 9.49. The van der Waals surface area contributed by atoms with Crippen molar-refractivity contribution < 1.29 is 60.7 Å². The smallest absolute Gasteiger partial charge is 0.550 e. The Morgan fingerprint density at radius 2 is 0.655 bits per heavy atom. The summed E-state index contributed by atoms with van der Waals surface area (Å²) < 4.78 is 0. The van der Waals surface area contributed by atoms with Crippen LogP contribution in [0, 0.1) is 0 Å². The van der Waals surface area contributed by atoms with Crippen LogP contribution in [-0.4, -0.2) is 37.0 Å². The Balaban J connectivity index is -0.0000000569. The summed E-state index contributed by atoms with van der Waals surface area (Å²) in [6.45, 7) is 8.40. The second-order valence-electron chi connectivity index (χ2n) is 5.07. The molecule has 0 heterocycles. The molecule has 0 aromatic rings. The van der Waals surface area contributed by atoms with Crippen molar-refractivity contribution in [3.05, 3.63) is 0 Å². The number of aliphatic carboxylic acids is 4. The fourth-order valence-corrected chi connectivity index (χ4v) is 0.816. The Labute approximate surface area is 188 Å². The zero-order valence-corrected chi connectivity index (χ0v) is 20.1. The van der Waals surface area contributed by atoms with E-state index >= 15 is 0 Å². The molecule has 0 fully saturated rings. The molecule has 0 saturated carbocycles. The van der Waals surface area contributed by atoms with Crippen LogP contribution < -0.4 is 31.9 Å². The van der Waals surface area contributed by atoms with Crippen molar-refractivity contribution in [3.63, 3.8) is 0 Å². The van der Waals surface area contributed by atoms with Crippen molar-refractivity contribution in [2.45, 2.75) is 79.1 Å². The number of hydrogen-bond donors (Lipinski definition) is 2. The van der Waals surface area contributed by atoms with E-state index in [9.17, 15) is 39.6 Å². The van der Waals surface area contributed by atoms with E-state index < -0.39 is 23.9 Å². The van der Waals surface area contributed by atoms with Crippen LogP contribution in [0.1, 0.15) is 79.1 Å². The van der Waals surface area contributed by atoms with E-state index in [4.69, 9.17) is 11.5 Å². The van der Waals surface area contributed by atoms with Gasteiger partial charge < -0.3 is 51.1 Å². The summed E-state index contributed by atoms with van der Waals surface area (Å²) in [4.78, 5) is 38.0. The first kappa shape index (κ1) is 41.8. The Morgan fingerprint density at radius 3 is 0.655 bits per heavy atom. The molecule has 4 N–H and O–H groups in total. The monoisotopic (exact) mass is 603 g/mol. The molecule has 29 heavy (non-hydrogen) atoms. The van der Waals surface area contributed by atoms with E-state index in [1.54, 1.807) is 27.7 Å². The summed E-state index contributed by atoms with van der Waals surface area (Å²) in [6.07, 6.45) is 3.40. The van der Waals surface area contributed by atoms with Crippen LogP contribution in [0.2, 0.25) is 0 Å². The molecule has 0 aliphatic heterocycles. The first-order valence-electron chi connectivity index (χ1n) is 9.19. The van der Waals surface area contributed by atoms with Crippen molar-refractivity contribution in [3.8, 4) is 0 Å². The second-order valence-corrected chi connectivity index (χ2v) is 5.07. The van der Waals surface area contributed by atoms with Gasteiger partial charge in [0, 0.05) is 37.0 Å². The van der Waals surface area contributed by atoms with Crippen molar-refractivity contribution in [1.29, 1.82) is 0 Å². The third kappa shape index (κ3) is 120. The third-order valence-corrected chi connectivity index (χ3v) is 1.98. The zero-order valence-electron chi connectivity index (χ0n) is 17.8. The predicted octanol–water partition coefficient (Wildman–Crippen LogP) is -2.95. The van der Waals surface area contributed by atoms with Gasteiger partial charge in [0.15, 0.2) is 0 Å². The Morgan fingerprint density at radius 1 is 0.517 bits per heavy atom. The summed E-state index contributed by atoms with van der Waals surface area (Å²) in [5, 5.41) is 38.0. The molecule has 0 aliphatic rings. The van der Waals surface area contributed by atoms with Crippen LogP contribution in [0.15, 0.2) is 0 Å². The minimum absolute atomic E-state index is 0. The summed E-state index contributed by atoms with van der Waals surface area (Å²) in [5.74, 6) is -3.84. The van der Waals surface area contributed by atoms with Gasteiger partial charge in [-0.2, -0.15) is 0 Å². The summed E-state index contributed by atoms with van der Waals surface area (Å²) >= 11 is 0. The van der Waals surface area contributed by atoms with Gasteiger partial charge in [0.2, 0.25) is 0 Å². The van der Waals surface area contributed by atoms with Crippen LogP contribution in [0.3, 0.4) is 0 Å². The fourth-order valence-electron chi connectivity index (χ4n) is 0.816. The minimum atomic E-state index is -0.961. The van der Waals surface area contributed by atoms with E-state index in [1.165, 1.54) is 0 Å². The van der Waals surface area contributed by atoms with Crippen molar-refractivity contribution in [2.75, 3.05) is 13.1 Å². The summed E-state index contributed by atoms with van der Waals surface area (Å²) in [6, 6.07) is 0. The van der Waals surface area contributed by atoms with Gasteiger partial charge in [0.1, 0.15) is 0 Å². The van der Waals surface area contributed by atoms with Gasteiger partial charge in [-0.15, -0.1) is 0 Å². The molecule has 0 spiro atoms. The van der Waals surface area contributed by atoms with E-state index in [0.29, 0.717) is 38.8 Å². The number of hydrogen-bond acceptors (Lipinski definition) is 10. The standard InChI is InChI=1S/4C4H8O2.C2H8N2.Pt/c4*1-2-3-4(5)6;3-1-2-4;/h4*2-3H2,1H3,(H,5,6);1-4H2;/q;;;;;+4/p-4. The molecular weight excluding hydrogens is 567 g/mol. The predicted molar refractivity (Wildman–Crippen MR) is 97.8 cm³/mol. The summed E-state index contributed by atoms with van der Waals surface area (Å²) in [7, 11) is 0. The SMILES string of the molecule is CCCC(=O)[O-].CCCC(=O)[O-].CCCC(=O)[O-].CCCC(=O)[O-].NCCN.[Pt+4]. The molecule has 11 heteroatoms. The van der Waals surface area contributed by atoms with Crippen molar-refractivity contribution in [1.82, 2.24) is 0 Å². The Kier molecular flexibility index (Phi) is 59.0. The molecule has 0 radical (unpaired) electrons. The van der Waals surface area contributed by atoms with Gasteiger partial charge in [-0.05, 0) is 25.7 Å². The maximum atomic E-state index is 9.49. The van der Waals surface area contributed by atoms with Gasteiger partial charge in [0.05, 0.1) is 0 Å². The topological polar surface area (TPSA) is 213 Å². The first-order chi connectivity index (χ1) is 13.0. The van der Waals surface area contributed by atoms with Crippen LogP contribution >= 0.6 is 0 Å². The molecule has 0 atom stereocenters. The average molecular weight is 604 g/mol. The molecule has 176 valence electrons. The number of carboxylic acid groups (broad SMARTS) is 4. The van der Waals surface area contributed by atoms with E-state index in [-0.39, 0.29) is 46.7 Å². The largest absolute Gasteiger partial charge is 4.00 e. The number of carboxylic acids is 4. The van der Waals surface area contributed by atoms with Gasteiger partial charge in [-0.3, -0.25) is 0 Å². The molecule has 0 aromatic carbocycles. The van der Waals surface area contributed by atoms with Gasteiger partial charge >= 0.3 is 21.1 Å². The van der Waals surface area contributed by atoms with Crippen LogP contribution in [-0.2, 0) is 40.2 Å². The van der Waals surface area contributed by atoms with Gasteiger partial charge in [0.25, 0.3) is 0 Å². The zero-order chi connectivity index (χ0) is 23.4. The van der Waals surface area contributed by atoms with Crippen molar-refractivity contribution >= 4 is 23.9 Å². The number of carbonyl (C=O) groups is 4.